The van der Waals surface area contributed by atoms with Gasteiger partial charge >= 0.3 is 0 Å². The molecule has 0 fully saturated rings. The van der Waals surface area contributed by atoms with Gasteiger partial charge in [0.1, 0.15) is 0 Å². The Morgan fingerprint density at radius 1 is 0.136 bits per heavy atom. The number of nitrogens with zero attached hydrogens (tertiary/aromatic N) is 6. The van der Waals surface area contributed by atoms with Crippen molar-refractivity contribution >= 4 is 154 Å². The van der Waals surface area contributed by atoms with E-state index in [1.807, 2.05) is 0 Å². The third-order valence-electron chi connectivity index (χ3n) is 27.4. The van der Waals surface area contributed by atoms with Crippen LogP contribution in [0.15, 0.2) is 497 Å². The highest BCUT2D eigenvalue weighted by molar-refractivity contribution is 6.20. The molecule has 0 saturated heterocycles. The molecule has 0 aliphatic carbocycles. The standard InChI is InChI=1S/C126H82N6/c1-4-28-83(29-5-1)85-58-66-95(67-59-85)127(96-68-60-86(61-69-96)84-54-56-87(57-55-84)90-64-72-110-108-44-16-21-48-113(108)129(124(110)81-90)93-32-6-2-7-33-93)118-76-78-122(106-40-14-12-38-104(106)118)132-117-52-25-20-46-112(117)126-99(47-27-53-123(126)132)91-31-26-30-89(80-91)88-62-70-97(71-63-88)128(120-77-79-121(107-41-15-13-39-105(107)120)131-115-50-23-18-42-102(115)103-43-19-24-51-116(103)131)119-75-74-98(100-36-10-11-37-101(100)119)92-65-73-111-109-45-17-22-49-114(109)130(125(111)82-92)94-34-8-3-9-35-94/h1-82H. The summed E-state index contributed by atoms with van der Waals surface area (Å²) in [5.41, 5.74) is 34.2. The lowest BCUT2D eigenvalue weighted by atomic mass is 9.94. The largest absolute Gasteiger partial charge is 0.310 e. The highest BCUT2D eigenvalue weighted by Crippen LogP contribution is 2.51. The summed E-state index contributed by atoms with van der Waals surface area (Å²) in [6, 6.07) is 184. The third kappa shape index (κ3) is 12.4. The zero-order valence-electron chi connectivity index (χ0n) is 72.0. The summed E-state index contributed by atoms with van der Waals surface area (Å²) in [5.74, 6) is 0. The lowest BCUT2D eigenvalue weighted by Gasteiger charge is -2.29. The quantitative estimate of drug-likeness (QED) is 0.0964. The molecule has 0 N–H and O–H groups in total. The number of hydrogen-bond donors (Lipinski definition) is 0. The van der Waals surface area contributed by atoms with Gasteiger partial charge in [0.2, 0.25) is 0 Å². The van der Waals surface area contributed by atoms with Gasteiger partial charge in [0.15, 0.2) is 0 Å². The van der Waals surface area contributed by atoms with Gasteiger partial charge in [-0.1, -0.05) is 352 Å². The number of aromatic nitrogens is 4. The van der Waals surface area contributed by atoms with E-state index in [-0.39, 0.29) is 0 Å². The van der Waals surface area contributed by atoms with Gasteiger partial charge in [0.25, 0.3) is 0 Å². The predicted octanol–water partition coefficient (Wildman–Crippen LogP) is 34.5. The molecule has 0 aliphatic heterocycles. The Hall–Kier alpha value is -17.6. The Morgan fingerprint density at radius 2 is 0.424 bits per heavy atom. The smallest absolute Gasteiger partial charge is 0.0547 e. The second-order valence-corrected chi connectivity index (χ2v) is 34.6. The highest BCUT2D eigenvalue weighted by atomic mass is 15.2. The molecule has 26 rings (SSSR count). The summed E-state index contributed by atoms with van der Waals surface area (Å²) in [6.07, 6.45) is 0. The van der Waals surface area contributed by atoms with Gasteiger partial charge < -0.3 is 28.1 Å². The third-order valence-corrected chi connectivity index (χ3v) is 27.4. The number of para-hydroxylation sites is 7. The van der Waals surface area contributed by atoms with Crippen molar-refractivity contribution < 1.29 is 0 Å². The molecule has 22 aromatic carbocycles. The first kappa shape index (κ1) is 75.7. The van der Waals surface area contributed by atoms with Crippen molar-refractivity contribution in [2.45, 2.75) is 0 Å². The Labute approximate surface area is 763 Å². The minimum absolute atomic E-state index is 1.04. The molecule has 0 bridgehead atoms. The molecule has 6 nitrogen and oxygen atoms in total. The van der Waals surface area contributed by atoms with E-state index in [1.54, 1.807) is 0 Å². The van der Waals surface area contributed by atoms with Gasteiger partial charge in [-0.2, -0.15) is 0 Å². The van der Waals surface area contributed by atoms with Gasteiger partial charge in [-0.3, -0.25) is 0 Å². The van der Waals surface area contributed by atoms with Crippen LogP contribution in [0.5, 0.6) is 0 Å². The fraction of sp³-hybridized carbons (Fsp3) is 0. The molecule has 0 saturated carbocycles. The summed E-state index contributed by atoms with van der Waals surface area (Å²) >= 11 is 0. The van der Waals surface area contributed by atoms with Crippen LogP contribution in [0, 0.1) is 0 Å². The maximum atomic E-state index is 2.50. The first-order chi connectivity index (χ1) is 65.5. The number of hydrogen-bond acceptors (Lipinski definition) is 2. The van der Waals surface area contributed by atoms with E-state index in [2.05, 4.69) is 526 Å². The van der Waals surface area contributed by atoms with E-state index in [0.717, 1.165) is 134 Å². The van der Waals surface area contributed by atoms with Gasteiger partial charge in [0.05, 0.1) is 72.6 Å². The Bertz CT molecular complexity index is 9000. The predicted molar refractivity (Wildman–Crippen MR) is 558 cm³/mol. The molecule has 0 radical (unpaired) electrons. The second kappa shape index (κ2) is 31.2. The van der Waals surface area contributed by atoms with Crippen LogP contribution in [-0.4, -0.2) is 18.3 Å². The monoisotopic (exact) mass is 1680 g/mol. The van der Waals surface area contributed by atoms with E-state index in [4.69, 9.17) is 0 Å². The summed E-state index contributed by atoms with van der Waals surface area (Å²) < 4.78 is 9.76. The molecular weight excluding hydrogens is 1600 g/mol. The molecule has 4 aromatic heterocycles. The maximum Gasteiger partial charge on any atom is 0.0547 e. The topological polar surface area (TPSA) is 26.2 Å². The van der Waals surface area contributed by atoms with E-state index in [0.29, 0.717) is 0 Å². The van der Waals surface area contributed by atoms with Crippen LogP contribution in [0.2, 0.25) is 0 Å². The van der Waals surface area contributed by atoms with Crippen LogP contribution < -0.4 is 9.80 Å². The lowest BCUT2D eigenvalue weighted by Crippen LogP contribution is -2.12. The first-order valence-electron chi connectivity index (χ1n) is 45.4. The highest BCUT2D eigenvalue weighted by Gasteiger charge is 2.27. The SMILES string of the molecule is c1ccc(-c2ccc(N(c3ccc(-c4ccc(-c5ccc6c7ccccc7n(-c7ccccc7)c6c5)cc4)cc3)c3ccc(-n4c5ccccc5c5c(-c6cccc(-c7ccc(N(c8ccc(-c9ccc%10c%11ccccc%11n(-c%11ccccc%11)c%10c9)c9ccccc89)c8ccc(-n9c%10ccccc%10c%10ccccc%109)c9ccccc89)cc7)c6)cccc54)c4ccccc34)cc2)cc1. The zero-order chi connectivity index (χ0) is 86.9. The van der Waals surface area contributed by atoms with E-state index >= 15 is 0 Å². The maximum absolute atomic E-state index is 2.50. The van der Waals surface area contributed by atoms with Crippen LogP contribution in [0.1, 0.15) is 0 Å². The van der Waals surface area contributed by atoms with Crippen molar-refractivity contribution in [2.24, 2.45) is 0 Å². The summed E-state index contributed by atoms with van der Waals surface area (Å²) in [6.45, 7) is 0. The van der Waals surface area contributed by atoms with Crippen molar-refractivity contribution in [3.8, 4) is 89.5 Å². The molecule has 0 amide bonds. The Morgan fingerprint density at radius 3 is 0.917 bits per heavy atom. The fourth-order valence-electron chi connectivity index (χ4n) is 21.3. The Kier molecular flexibility index (Phi) is 17.9. The van der Waals surface area contributed by atoms with Crippen molar-refractivity contribution in [3.05, 3.63) is 497 Å². The van der Waals surface area contributed by atoms with Crippen molar-refractivity contribution in [1.82, 2.24) is 18.3 Å². The molecule has 6 heteroatoms. The lowest BCUT2D eigenvalue weighted by molar-refractivity contribution is 1.18. The van der Waals surface area contributed by atoms with Crippen LogP contribution in [0.3, 0.4) is 0 Å². The minimum Gasteiger partial charge on any atom is -0.310 e. The second-order valence-electron chi connectivity index (χ2n) is 34.6. The number of anilines is 6. The van der Waals surface area contributed by atoms with Crippen molar-refractivity contribution in [1.29, 1.82) is 0 Å². The van der Waals surface area contributed by atoms with E-state index < -0.39 is 0 Å². The molecule has 616 valence electrons. The number of fused-ring (bicyclic) bond motifs is 15. The van der Waals surface area contributed by atoms with E-state index in [9.17, 15) is 0 Å². The molecule has 0 atom stereocenters. The molecule has 4 heterocycles. The van der Waals surface area contributed by atoms with Gasteiger partial charge in [0, 0.05) is 98.5 Å². The fourth-order valence-corrected chi connectivity index (χ4v) is 21.3. The molecule has 0 unspecified atom stereocenters. The number of rotatable bonds is 16. The summed E-state index contributed by atoms with van der Waals surface area (Å²) in [4.78, 5) is 4.94. The summed E-state index contributed by atoms with van der Waals surface area (Å²) in [7, 11) is 0. The average molecular weight is 1680 g/mol. The van der Waals surface area contributed by atoms with Crippen LogP contribution in [0.4, 0.5) is 34.1 Å². The average Bonchev–Trinajstić information content (AvgIpc) is 1.53. The normalized spacial score (nSPS) is 11.8. The van der Waals surface area contributed by atoms with Crippen LogP contribution in [-0.2, 0) is 0 Å². The van der Waals surface area contributed by atoms with Crippen molar-refractivity contribution in [3.63, 3.8) is 0 Å². The molecular formula is C126H82N6. The van der Waals surface area contributed by atoms with Crippen molar-refractivity contribution in [2.75, 3.05) is 9.80 Å². The van der Waals surface area contributed by atoms with E-state index in [1.165, 1.54) is 109 Å². The zero-order valence-corrected chi connectivity index (χ0v) is 72.0. The molecule has 26 aromatic rings. The van der Waals surface area contributed by atoms with Gasteiger partial charge in [-0.05, 0) is 218 Å². The van der Waals surface area contributed by atoms with Gasteiger partial charge in [-0.15, -0.1) is 0 Å². The minimum atomic E-state index is 1.04. The van der Waals surface area contributed by atoms with Crippen LogP contribution in [0.25, 0.3) is 209 Å². The Balaban J connectivity index is 0.563. The molecule has 0 spiro atoms. The molecule has 132 heavy (non-hydrogen) atoms. The first-order valence-corrected chi connectivity index (χ1v) is 45.4. The van der Waals surface area contributed by atoms with Gasteiger partial charge in [-0.25, -0.2) is 0 Å². The summed E-state index contributed by atoms with van der Waals surface area (Å²) in [5, 5.41) is 16.7. The number of benzene rings is 22. The van der Waals surface area contributed by atoms with Crippen LogP contribution >= 0.6 is 0 Å². The molecule has 0 aliphatic rings.